The second kappa shape index (κ2) is 6.87. The highest BCUT2D eigenvalue weighted by atomic mass is 16.4. The number of rotatable bonds is 5. The highest BCUT2D eigenvalue weighted by Gasteiger charge is 2.57. The van der Waals surface area contributed by atoms with E-state index in [0.29, 0.717) is 13.1 Å². The van der Waals surface area contributed by atoms with Gasteiger partial charge in [0.05, 0.1) is 0 Å². The van der Waals surface area contributed by atoms with Gasteiger partial charge in [0.15, 0.2) is 0 Å². The van der Waals surface area contributed by atoms with Crippen LogP contribution < -0.4 is 9.80 Å². The lowest BCUT2D eigenvalue weighted by atomic mass is 9.81. The van der Waals surface area contributed by atoms with Crippen molar-refractivity contribution < 1.29 is 9.90 Å². The summed E-state index contributed by atoms with van der Waals surface area (Å²) in [5.74, 6) is 1.24. The maximum Gasteiger partial charge on any atom is 0.313 e. The lowest BCUT2D eigenvalue weighted by Crippen LogP contribution is -2.41. The number of hydrogen-bond donors (Lipinski definition) is 1. The van der Waals surface area contributed by atoms with Gasteiger partial charge in [-0.2, -0.15) is 0 Å². The molecule has 4 heterocycles. The summed E-state index contributed by atoms with van der Waals surface area (Å²) in [5.41, 5.74) is -0.709. The monoisotopic (exact) mass is 357 g/mol. The first kappa shape index (κ1) is 17.3. The number of carbonyl (C=O) groups is 1. The standard InChI is InChI=1S/C19H27N5O2/c1-2-6-22-10-15-11-24(13-19(15,12-22)18(25)26)17-9-16(20-14-21-17)23-7-4-3-5-8-23/h2,9,14-15H,1,3-8,10-13H2,(H,25,26)/t15-,19-/m0/s1. The maximum absolute atomic E-state index is 12.1. The fourth-order valence-corrected chi connectivity index (χ4v) is 4.77. The lowest BCUT2D eigenvalue weighted by molar-refractivity contribution is -0.148. The summed E-state index contributed by atoms with van der Waals surface area (Å²) in [6, 6.07) is 2.03. The third-order valence-corrected chi connectivity index (χ3v) is 6.14. The summed E-state index contributed by atoms with van der Waals surface area (Å²) in [7, 11) is 0. The number of nitrogens with zero attached hydrogens (tertiary/aromatic N) is 5. The van der Waals surface area contributed by atoms with Crippen molar-refractivity contribution >= 4 is 17.6 Å². The zero-order valence-electron chi connectivity index (χ0n) is 15.2. The molecule has 7 nitrogen and oxygen atoms in total. The molecule has 2 atom stereocenters. The van der Waals surface area contributed by atoms with Crippen molar-refractivity contribution in [2.45, 2.75) is 19.3 Å². The van der Waals surface area contributed by atoms with E-state index in [1.165, 1.54) is 19.3 Å². The Kier molecular flexibility index (Phi) is 4.56. The topological polar surface area (TPSA) is 72.8 Å². The molecule has 0 radical (unpaired) electrons. The van der Waals surface area contributed by atoms with Crippen LogP contribution in [0, 0.1) is 11.3 Å². The highest BCUT2D eigenvalue weighted by Crippen LogP contribution is 2.44. The minimum atomic E-state index is -0.709. The molecule has 3 fully saturated rings. The first-order chi connectivity index (χ1) is 12.6. The fraction of sp³-hybridized carbons (Fsp3) is 0.632. The minimum Gasteiger partial charge on any atom is -0.481 e. The number of likely N-dealkylation sites (tertiary alicyclic amines) is 1. The molecule has 1 aromatic rings. The summed E-state index contributed by atoms with van der Waals surface area (Å²) in [6.07, 6.45) is 7.15. The van der Waals surface area contributed by atoms with Crippen LogP contribution in [-0.2, 0) is 4.79 Å². The molecule has 1 aromatic heterocycles. The molecule has 140 valence electrons. The average Bonchev–Trinajstić information content (AvgIpc) is 3.18. The number of carboxylic acids is 1. The summed E-state index contributed by atoms with van der Waals surface area (Å²) < 4.78 is 0. The molecule has 0 unspecified atom stereocenters. The lowest BCUT2D eigenvalue weighted by Gasteiger charge is -2.29. The van der Waals surface area contributed by atoms with E-state index in [4.69, 9.17) is 0 Å². The van der Waals surface area contributed by atoms with Gasteiger partial charge in [0, 0.05) is 57.8 Å². The smallest absolute Gasteiger partial charge is 0.313 e. The molecule has 1 N–H and O–H groups in total. The van der Waals surface area contributed by atoms with Crippen LogP contribution in [0.2, 0.25) is 0 Å². The maximum atomic E-state index is 12.1. The van der Waals surface area contributed by atoms with Gasteiger partial charge in [-0.15, -0.1) is 6.58 Å². The fourth-order valence-electron chi connectivity index (χ4n) is 4.77. The first-order valence-corrected chi connectivity index (χ1v) is 9.51. The minimum absolute atomic E-state index is 0.119. The number of aliphatic carboxylic acids is 1. The first-order valence-electron chi connectivity index (χ1n) is 9.51. The van der Waals surface area contributed by atoms with Crippen LogP contribution in [0.3, 0.4) is 0 Å². The molecule has 7 heteroatoms. The number of carboxylic acid groups (broad SMARTS) is 1. The van der Waals surface area contributed by atoms with Crippen LogP contribution in [0.5, 0.6) is 0 Å². The number of anilines is 2. The van der Waals surface area contributed by atoms with Gasteiger partial charge in [0.1, 0.15) is 23.4 Å². The van der Waals surface area contributed by atoms with Crippen molar-refractivity contribution in [2.75, 3.05) is 55.6 Å². The summed E-state index contributed by atoms with van der Waals surface area (Å²) in [4.78, 5) is 27.7. The van der Waals surface area contributed by atoms with Crippen molar-refractivity contribution in [1.29, 1.82) is 0 Å². The van der Waals surface area contributed by atoms with Crippen molar-refractivity contribution in [1.82, 2.24) is 14.9 Å². The van der Waals surface area contributed by atoms with Gasteiger partial charge in [-0.05, 0) is 19.3 Å². The van der Waals surface area contributed by atoms with Gasteiger partial charge in [-0.1, -0.05) is 6.08 Å². The molecule has 0 aliphatic carbocycles. The molecule has 0 spiro atoms. The van der Waals surface area contributed by atoms with Crippen molar-refractivity contribution in [2.24, 2.45) is 11.3 Å². The van der Waals surface area contributed by atoms with Gasteiger partial charge in [-0.25, -0.2) is 9.97 Å². The van der Waals surface area contributed by atoms with Gasteiger partial charge < -0.3 is 14.9 Å². The van der Waals surface area contributed by atoms with Crippen LogP contribution in [-0.4, -0.2) is 71.8 Å². The Morgan fingerprint density at radius 3 is 2.58 bits per heavy atom. The Balaban J connectivity index is 1.53. The Hall–Kier alpha value is -2.15. The zero-order valence-corrected chi connectivity index (χ0v) is 15.2. The summed E-state index contributed by atoms with van der Waals surface area (Å²) in [5, 5.41) is 9.96. The van der Waals surface area contributed by atoms with E-state index >= 15 is 0 Å². The van der Waals surface area contributed by atoms with E-state index in [1.807, 2.05) is 12.1 Å². The molecule has 0 amide bonds. The van der Waals surface area contributed by atoms with E-state index in [9.17, 15) is 9.90 Å². The molecular weight excluding hydrogens is 330 g/mol. The van der Waals surface area contributed by atoms with Crippen LogP contribution in [0.4, 0.5) is 11.6 Å². The molecule has 26 heavy (non-hydrogen) atoms. The van der Waals surface area contributed by atoms with E-state index in [0.717, 1.165) is 44.4 Å². The molecule has 0 saturated carbocycles. The highest BCUT2D eigenvalue weighted by molar-refractivity contribution is 5.78. The molecular formula is C19H27N5O2. The van der Waals surface area contributed by atoms with E-state index in [-0.39, 0.29) is 5.92 Å². The Morgan fingerprint density at radius 2 is 1.92 bits per heavy atom. The van der Waals surface area contributed by atoms with Crippen molar-refractivity contribution in [3.05, 3.63) is 25.0 Å². The average molecular weight is 357 g/mol. The quantitative estimate of drug-likeness (QED) is 0.800. The molecule has 3 saturated heterocycles. The zero-order chi connectivity index (χ0) is 18.1. The Labute approximate surface area is 154 Å². The second-order valence-corrected chi connectivity index (χ2v) is 7.80. The van der Waals surface area contributed by atoms with Crippen LogP contribution in [0.15, 0.2) is 25.0 Å². The summed E-state index contributed by atoms with van der Waals surface area (Å²) in [6.45, 7) is 9.23. The van der Waals surface area contributed by atoms with Gasteiger partial charge in [-0.3, -0.25) is 9.69 Å². The molecule has 3 aliphatic rings. The van der Waals surface area contributed by atoms with E-state index in [1.54, 1.807) is 6.33 Å². The third-order valence-electron chi connectivity index (χ3n) is 6.14. The largest absolute Gasteiger partial charge is 0.481 e. The number of aromatic nitrogens is 2. The second-order valence-electron chi connectivity index (χ2n) is 7.80. The normalized spacial score (nSPS) is 29.0. The van der Waals surface area contributed by atoms with Gasteiger partial charge in [0.2, 0.25) is 0 Å². The van der Waals surface area contributed by atoms with Crippen molar-refractivity contribution in [3.8, 4) is 0 Å². The van der Waals surface area contributed by atoms with Crippen LogP contribution >= 0.6 is 0 Å². The Morgan fingerprint density at radius 1 is 1.19 bits per heavy atom. The predicted octanol–water partition coefficient (Wildman–Crippen LogP) is 1.48. The van der Waals surface area contributed by atoms with Crippen molar-refractivity contribution in [3.63, 3.8) is 0 Å². The van der Waals surface area contributed by atoms with Gasteiger partial charge >= 0.3 is 5.97 Å². The Bertz CT molecular complexity index is 690. The number of hydrogen-bond acceptors (Lipinski definition) is 6. The van der Waals surface area contributed by atoms with Gasteiger partial charge in [0.25, 0.3) is 0 Å². The summed E-state index contributed by atoms with van der Waals surface area (Å²) >= 11 is 0. The predicted molar refractivity (Wildman–Crippen MR) is 101 cm³/mol. The molecule has 3 aliphatic heterocycles. The number of piperidine rings is 1. The van der Waals surface area contributed by atoms with E-state index < -0.39 is 11.4 Å². The number of fused-ring (bicyclic) bond motifs is 1. The van der Waals surface area contributed by atoms with E-state index in [2.05, 4.69) is 31.2 Å². The van der Waals surface area contributed by atoms with Crippen LogP contribution in [0.25, 0.3) is 0 Å². The van der Waals surface area contributed by atoms with Crippen LogP contribution in [0.1, 0.15) is 19.3 Å². The molecule has 0 bridgehead atoms. The molecule has 4 rings (SSSR count). The SMILES string of the molecule is C=CCN1C[C@H]2CN(c3cc(N4CCCCC4)ncn3)C[C@@]2(C(=O)O)C1. The third kappa shape index (κ3) is 2.94. The molecule has 0 aromatic carbocycles.